The molecule has 1 aromatic rings. The molecule has 1 heterocycles. The standard InChI is InChI=1S/C13H16ClN/c14-13-6-2-1-5-12(13)10-11-4-3-8-15-9-7-11/h1-2,5-6,10,15H,3-4,7-9H2/b11-10-. The van der Waals surface area contributed by atoms with E-state index in [0.717, 1.165) is 30.1 Å². The lowest BCUT2D eigenvalue weighted by Gasteiger charge is -2.03. The molecule has 1 fully saturated rings. The van der Waals surface area contributed by atoms with Crippen molar-refractivity contribution in [2.75, 3.05) is 13.1 Å². The fourth-order valence-corrected chi connectivity index (χ4v) is 2.09. The average molecular weight is 222 g/mol. The predicted octanol–water partition coefficient (Wildman–Crippen LogP) is 3.50. The first-order valence-corrected chi connectivity index (χ1v) is 5.89. The minimum Gasteiger partial charge on any atom is -0.316 e. The third-order valence-electron chi connectivity index (χ3n) is 2.74. The molecule has 1 aliphatic heterocycles. The van der Waals surface area contributed by atoms with Gasteiger partial charge in [-0.05, 0) is 44.0 Å². The Labute approximate surface area is 96.1 Å². The van der Waals surface area contributed by atoms with Gasteiger partial charge in [0.2, 0.25) is 0 Å². The lowest BCUT2D eigenvalue weighted by atomic mass is 10.0. The molecule has 2 heteroatoms. The van der Waals surface area contributed by atoms with Gasteiger partial charge in [-0.3, -0.25) is 0 Å². The lowest BCUT2D eigenvalue weighted by Crippen LogP contribution is -2.13. The van der Waals surface area contributed by atoms with Crippen LogP contribution in [-0.2, 0) is 0 Å². The minimum atomic E-state index is 0.849. The Hall–Kier alpha value is -0.790. The van der Waals surface area contributed by atoms with Crippen molar-refractivity contribution >= 4 is 17.7 Å². The fraction of sp³-hybridized carbons (Fsp3) is 0.385. The summed E-state index contributed by atoms with van der Waals surface area (Å²) < 4.78 is 0. The van der Waals surface area contributed by atoms with Crippen molar-refractivity contribution in [3.05, 3.63) is 40.4 Å². The Kier molecular flexibility index (Phi) is 3.81. The van der Waals surface area contributed by atoms with Crippen LogP contribution < -0.4 is 5.32 Å². The molecule has 0 radical (unpaired) electrons. The molecule has 0 amide bonds. The van der Waals surface area contributed by atoms with Crippen LogP contribution in [0, 0.1) is 0 Å². The largest absolute Gasteiger partial charge is 0.316 e. The zero-order chi connectivity index (χ0) is 10.5. The zero-order valence-corrected chi connectivity index (χ0v) is 9.56. The number of nitrogens with one attached hydrogen (secondary N) is 1. The van der Waals surface area contributed by atoms with Gasteiger partial charge in [-0.1, -0.05) is 41.4 Å². The first-order chi connectivity index (χ1) is 7.36. The summed E-state index contributed by atoms with van der Waals surface area (Å²) in [7, 11) is 0. The van der Waals surface area contributed by atoms with E-state index in [-0.39, 0.29) is 0 Å². The molecular formula is C13H16ClN. The van der Waals surface area contributed by atoms with Crippen molar-refractivity contribution in [2.45, 2.75) is 19.3 Å². The van der Waals surface area contributed by atoms with Gasteiger partial charge in [0, 0.05) is 5.02 Å². The first kappa shape index (κ1) is 10.7. The van der Waals surface area contributed by atoms with Crippen LogP contribution in [-0.4, -0.2) is 13.1 Å². The van der Waals surface area contributed by atoms with E-state index in [1.165, 1.54) is 18.4 Å². The van der Waals surface area contributed by atoms with Gasteiger partial charge < -0.3 is 5.32 Å². The molecule has 80 valence electrons. The molecule has 1 nitrogen and oxygen atoms in total. The Balaban J connectivity index is 2.17. The van der Waals surface area contributed by atoms with Crippen molar-refractivity contribution in [3.63, 3.8) is 0 Å². The molecule has 1 aromatic carbocycles. The van der Waals surface area contributed by atoms with Crippen LogP contribution in [0.25, 0.3) is 6.08 Å². The van der Waals surface area contributed by atoms with Crippen LogP contribution in [0.1, 0.15) is 24.8 Å². The van der Waals surface area contributed by atoms with E-state index in [4.69, 9.17) is 11.6 Å². The highest BCUT2D eigenvalue weighted by Gasteiger charge is 2.04. The molecule has 0 spiro atoms. The average Bonchev–Trinajstić information content (AvgIpc) is 2.50. The maximum atomic E-state index is 6.12. The van der Waals surface area contributed by atoms with Crippen molar-refractivity contribution in [3.8, 4) is 0 Å². The van der Waals surface area contributed by atoms with E-state index < -0.39 is 0 Å². The highest BCUT2D eigenvalue weighted by molar-refractivity contribution is 6.32. The van der Waals surface area contributed by atoms with E-state index in [2.05, 4.69) is 17.5 Å². The van der Waals surface area contributed by atoms with Crippen molar-refractivity contribution in [1.29, 1.82) is 0 Å². The Bertz CT molecular complexity index is 347. The van der Waals surface area contributed by atoms with E-state index >= 15 is 0 Å². The Morgan fingerprint density at radius 3 is 2.87 bits per heavy atom. The molecule has 2 rings (SSSR count). The quantitative estimate of drug-likeness (QED) is 0.766. The SMILES string of the molecule is Clc1ccccc1/C=C1/CCCNCC1. The van der Waals surface area contributed by atoms with Gasteiger partial charge in [-0.25, -0.2) is 0 Å². The van der Waals surface area contributed by atoms with Crippen molar-refractivity contribution < 1.29 is 0 Å². The van der Waals surface area contributed by atoms with Gasteiger partial charge in [0.1, 0.15) is 0 Å². The molecular weight excluding hydrogens is 206 g/mol. The van der Waals surface area contributed by atoms with E-state index in [1.54, 1.807) is 0 Å². The smallest absolute Gasteiger partial charge is 0.0478 e. The summed E-state index contributed by atoms with van der Waals surface area (Å²) in [6, 6.07) is 8.03. The number of rotatable bonds is 1. The van der Waals surface area contributed by atoms with Crippen LogP contribution in [0.5, 0.6) is 0 Å². The van der Waals surface area contributed by atoms with Crippen molar-refractivity contribution in [2.24, 2.45) is 0 Å². The Morgan fingerprint density at radius 2 is 2.00 bits per heavy atom. The molecule has 0 unspecified atom stereocenters. The molecule has 1 aliphatic rings. The molecule has 0 aliphatic carbocycles. The van der Waals surface area contributed by atoms with Crippen molar-refractivity contribution in [1.82, 2.24) is 5.32 Å². The summed E-state index contributed by atoms with van der Waals surface area (Å²) in [6.07, 6.45) is 5.81. The summed E-state index contributed by atoms with van der Waals surface area (Å²) in [4.78, 5) is 0. The van der Waals surface area contributed by atoms with E-state index in [0.29, 0.717) is 0 Å². The highest BCUT2D eigenvalue weighted by Crippen LogP contribution is 2.21. The number of halogens is 1. The number of hydrogen-bond acceptors (Lipinski definition) is 1. The topological polar surface area (TPSA) is 12.0 Å². The third-order valence-corrected chi connectivity index (χ3v) is 3.08. The van der Waals surface area contributed by atoms with Crippen LogP contribution >= 0.6 is 11.6 Å². The van der Waals surface area contributed by atoms with Gasteiger partial charge in [0.05, 0.1) is 0 Å². The first-order valence-electron chi connectivity index (χ1n) is 5.51. The summed E-state index contributed by atoms with van der Waals surface area (Å²) in [5, 5.41) is 4.25. The molecule has 1 saturated heterocycles. The normalized spacial score (nSPS) is 20.2. The predicted molar refractivity (Wildman–Crippen MR) is 66.1 cm³/mol. The summed E-state index contributed by atoms with van der Waals surface area (Å²) >= 11 is 6.12. The maximum absolute atomic E-state index is 6.12. The lowest BCUT2D eigenvalue weighted by molar-refractivity contribution is 0.703. The van der Waals surface area contributed by atoms with Crippen LogP contribution in [0.3, 0.4) is 0 Å². The van der Waals surface area contributed by atoms with E-state index in [9.17, 15) is 0 Å². The number of benzene rings is 1. The highest BCUT2D eigenvalue weighted by atomic mass is 35.5. The fourth-order valence-electron chi connectivity index (χ4n) is 1.90. The second-order valence-electron chi connectivity index (χ2n) is 3.93. The third kappa shape index (κ3) is 3.08. The molecule has 0 aromatic heterocycles. The molecule has 0 atom stereocenters. The summed E-state index contributed by atoms with van der Waals surface area (Å²) in [6.45, 7) is 2.23. The monoisotopic (exact) mass is 221 g/mol. The van der Waals surface area contributed by atoms with Gasteiger partial charge >= 0.3 is 0 Å². The van der Waals surface area contributed by atoms with Crippen LogP contribution in [0.4, 0.5) is 0 Å². The van der Waals surface area contributed by atoms with Crippen LogP contribution in [0.2, 0.25) is 5.02 Å². The molecule has 0 saturated carbocycles. The molecule has 0 bridgehead atoms. The number of hydrogen-bond donors (Lipinski definition) is 1. The van der Waals surface area contributed by atoms with Gasteiger partial charge in [-0.15, -0.1) is 0 Å². The van der Waals surface area contributed by atoms with Gasteiger partial charge in [0.25, 0.3) is 0 Å². The van der Waals surface area contributed by atoms with Gasteiger partial charge in [-0.2, -0.15) is 0 Å². The summed E-state index contributed by atoms with van der Waals surface area (Å²) in [5.74, 6) is 0. The van der Waals surface area contributed by atoms with Crippen LogP contribution in [0.15, 0.2) is 29.8 Å². The second kappa shape index (κ2) is 5.34. The zero-order valence-electron chi connectivity index (χ0n) is 8.80. The molecule has 15 heavy (non-hydrogen) atoms. The maximum Gasteiger partial charge on any atom is 0.0478 e. The van der Waals surface area contributed by atoms with E-state index in [1.807, 2.05) is 18.2 Å². The van der Waals surface area contributed by atoms with Gasteiger partial charge in [0.15, 0.2) is 0 Å². The second-order valence-corrected chi connectivity index (χ2v) is 4.33. The molecule has 1 N–H and O–H groups in total. The summed E-state index contributed by atoms with van der Waals surface area (Å²) in [5.41, 5.74) is 2.66. The Morgan fingerprint density at radius 1 is 1.13 bits per heavy atom. The minimum absolute atomic E-state index is 0.849.